The zero-order valence-corrected chi connectivity index (χ0v) is 16.4. The molecule has 0 saturated carbocycles. The second-order valence-electron chi connectivity index (χ2n) is 6.88. The van der Waals surface area contributed by atoms with Crippen molar-refractivity contribution in [3.8, 4) is 17.0 Å². The van der Waals surface area contributed by atoms with Gasteiger partial charge in [-0.1, -0.05) is 41.9 Å². The molecule has 144 valence electrons. The summed E-state index contributed by atoms with van der Waals surface area (Å²) in [6.45, 7) is 3.85. The third-order valence-corrected chi connectivity index (χ3v) is 5.12. The molecule has 28 heavy (non-hydrogen) atoms. The highest BCUT2D eigenvalue weighted by Crippen LogP contribution is 2.29. The van der Waals surface area contributed by atoms with Crippen molar-refractivity contribution in [1.82, 2.24) is 14.9 Å². The first-order chi connectivity index (χ1) is 13.6. The van der Waals surface area contributed by atoms with Crippen LogP contribution < -0.4 is 10.2 Å². The second-order valence-corrected chi connectivity index (χ2v) is 7.29. The fourth-order valence-electron chi connectivity index (χ4n) is 3.16. The van der Waals surface area contributed by atoms with E-state index in [0.717, 1.165) is 48.9 Å². The van der Waals surface area contributed by atoms with E-state index >= 15 is 0 Å². The number of hydrogen-bond donors (Lipinski definition) is 2. The van der Waals surface area contributed by atoms with Crippen LogP contribution in [0, 0.1) is 0 Å². The lowest BCUT2D eigenvalue weighted by Crippen LogP contribution is -2.44. The lowest BCUT2D eigenvalue weighted by molar-refractivity contribution is 0.312. The normalized spacial score (nSPS) is 14.9. The molecule has 0 spiro atoms. The molecule has 1 saturated heterocycles. The predicted octanol–water partition coefficient (Wildman–Crippen LogP) is 4.00. The Morgan fingerprint density at radius 2 is 1.71 bits per heavy atom. The SMILES string of the molecule is CN1CCN(c2cc(-c3ccccc3)nc(Nc3ccc(O)c(Cl)c3)n2)CC1. The van der Waals surface area contributed by atoms with Gasteiger partial charge in [0.2, 0.25) is 5.95 Å². The summed E-state index contributed by atoms with van der Waals surface area (Å²) in [4.78, 5) is 14.0. The Balaban J connectivity index is 1.70. The summed E-state index contributed by atoms with van der Waals surface area (Å²) in [6.07, 6.45) is 0. The van der Waals surface area contributed by atoms with Crippen molar-refractivity contribution in [2.24, 2.45) is 0 Å². The first kappa shape index (κ1) is 18.5. The zero-order chi connectivity index (χ0) is 19.5. The molecule has 3 aromatic rings. The van der Waals surface area contributed by atoms with Crippen LogP contribution in [0.2, 0.25) is 5.02 Å². The Kier molecular flexibility index (Phi) is 5.32. The second kappa shape index (κ2) is 8.04. The number of phenols is 1. The number of aromatic nitrogens is 2. The first-order valence-electron chi connectivity index (χ1n) is 9.22. The molecule has 1 aromatic heterocycles. The van der Waals surface area contributed by atoms with Gasteiger partial charge in [0.15, 0.2) is 0 Å². The summed E-state index contributed by atoms with van der Waals surface area (Å²) in [5.74, 6) is 1.44. The van der Waals surface area contributed by atoms with Crippen LogP contribution in [0.1, 0.15) is 0 Å². The molecule has 0 atom stereocenters. The van der Waals surface area contributed by atoms with Gasteiger partial charge in [0, 0.05) is 43.5 Å². The Labute approximate surface area is 169 Å². The largest absolute Gasteiger partial charge is 0.506 e. The van der Waals surface area contributed by atoms with Crippen LogP contribution in [0.25, 0.3) is 11.3 Å². The van der Waals surface area contributed by atoms with E-state index in [1.165, 1.54) is 0 Å². The maximum Gasteiger partial charge on any atom is 0.229 e. The fourth-order valence-corrected chi connectivity index (χ4v) is 3.34. The highest BCUT2D eigenvalue weighted by Gasteiger charge is 2.18. The highest BCUT2D eigenvalue weighted by atomic mass is 35.5. The molecule has 0 bridgehead atoms. The maximum atomic E-state index is 9.64. The van der Waals surface area contributed by atoms with E-state index in [0.29, 0.717) is 5.95 Å². The summed E-state index contributed by atoms with van der Waals surface area (Å²) in [6, 6.07) is 17.1. The van der Waals surface area contributed by atoms with Crippen molar-refractivity contribution in [1.29, 1.82) is 0 Å². The number of likely N-dealkylation sites (N-methyl/N-ethyl adjacent to an activating group) is 1. The van der Waals surface area contributed by atoms with Gasteiger partial charge in [-0.05, 0) is 25.2 Å². The van der Waals surface area contributed by atoms with Gasteiger partial charge < -0.3 is 20.2 Å². The summed E-state index contributed by atoms with van der Waals surface area (Å²) >= 11 is 6.03. The topological polar surface area (TPSA) is 64.5 Å². The molecular formula is C21H22ClN5O. The minimum absolute atomic E-state index is 0.0456. The number of rotatable bonds is 4. The average Bonchev–Trinajstić information content (AvgIpc) is 2.72. The molecule has 1 aliphatic heterocycles. The molecule has 1 fully saturated rings. The van der Waals surface area contributed by atoms with Crippen LogP contribution in [0.4, 0.5) is 17.5 Å². The third kappa shape index (κ3) is 4.18. The van der Waals surface area contributed by atoms with E-state index in [-0.39, 0.29) is 10.8 Å². The van der Waals surface area contributed by atoms with Gasteiger partial charge in [-0.3, -0.25) is 0 Å². The van der Waals surface area contributed by atoms with E-state index in [9.17, 15) is 5.11 Å². The van der Waals surface area contributed by atoms with Crippen molar-refractivity contribution in [2.75, 3.05) is 43.4 Å². The average molecular weight is 396 g/mol. The number of nitrogens with one attached hydrogen (secondary N) is 1. The smallest absolute Gasteiger partial charge is 0.229 e. The molecule has 0 radical (unpaired) electrons. The molecular weight excluding hydrogens is 374 g/mol. The molecule has 2 N–H and O–H groups in total. The summed E-state index contributed by atoms with van der Waals surface area (Å²) in [5.41, 5.74) is 2.61. The number of piperazine rings is 1. The number of aromatic hydroxyl groups is 1. The van der Waals surface area contributed by atoms with Crippen molar-refractivity contribution in [2.45, 2.75) is 0 Å². The predicted molar refractivity (Wildman–Crippen MR) is 114 cm³/mol. The number of phenolic OH excluding ortho intramolecular Hbond substituents is 1. The quantitative estimate of drug-likeness (QED) is 0.651. The van der Waals surface area contributed by atoms with Crippen LogP contribution in [0.5, 0.6) is 5.75 Å². The monoisotopic (exact) mass is 395 g/mol. The highest BCUT2D eigenvalue weighted by molar-refractivity contribution is 6.32. The van der Waals surface area contributed by atoms with Gasteiger partial charge >= 0.3 is 0 Å². The molecule has 0 amide bonds. The molecule has 0 aliphatic carbocycles. The number of hydrogen-bond acceptors (Lipinski definition) is 6. The Hall–Kier alpha value is -2.83. The molecule has 7 heteroatoms. The zero-order valence-electron chi connectivity index (χ0n) is 15.6. The van der Waals surface area contributed by atoms with E-state index in [1.807, 2.05) is 36.4 Å². The molecule has 4 rings (SSSR count). The molecule has 1 aliphatic rings. The van der Waals surface area contributed by atoms with E-state index in [1.54, 1.807) is 18.2 Å². The van der Waals surface area contributed by atoms with Crippen LogP contribution in [0.15, 0.2) is 54.6 Å². The van der Waals surface area contributed by atoms with Crippen molar-refractivity contribution >= 4 is 29.1 Å². The van der Waals surface area contributed by atoms with Crippen molar-refractivity contribution in [3.05, 3.63) is 59.6 Å². The van der Waals surface area contributed by atoms with Gasteiger partial charge in [-0.15, -0.1) is 0 Å². The summed E-state index contributed by atoms with van der Waals surface area (Å²) in [7, 11) is 2.13. The minimum Gasteiger partial charge on any atom is -0.506 e. The summed E-state index contributed by atoms with van der Waals surface area (Å²) < 4.78 is 0. The van der Waals surface area contributed by atoms with Gasteiger partial charge in [-0.25, -0.2) is 4.98 Å². The van der Waals surface area contributed by atoms with Crippen LogP contribution in [-0.4, -0.2) is 53.2 Å². The van der Waals surface area contributed by atoms with Crippen molar-refractivity contribution in [3.63, 3.8) is 0 Å². The van der Waals surface area contributed by atoms with Crippen LogP contribution in [-0.2, 0) is 0 Å². The molecule has 6 nitrogen and oxygen atoms in total. The van der Waals surface area contributed by atoms with Gasteiger partial charge in [0.25, 0.3) is 0 Å². The maximum absolute atomic E-state index is 9.64. The lowest BCUT2D eigenvalue weighted by atomic mass is 10.1. The Morgan fingerprint density at radius 1 is 0.964 bits per heavy atom. The number of halogens is 1. The lowest BCUT2D eigenvalue weighted by Gasteiger charge is -2.33. The molecule has 2 heterocycles. The molecule has 0 unspecified atom stereocenters. The number of benzene rings is 2. The van der Waals surface area contributed by atoms with E-state index in [2.05, 4.69) is 22.2 Å². The number of nitrogens with zero attached hydrogens (tertiary/aromatic N) is 4. The standard InChI is InChI=1S/C21H22ClN5O/c1-26-9-11-27(12-10-26)20-14-18(15-5-3-2-4-6-15)24-21(25-20)23-16-7-8-19(28)17(22)13-16/h2-8,13-14,28H,9-12H2,1H3,(H,23,24,25). The van der Waals surface area contributed by atoms with Crippen molar-refractivity contribution < 1.29 is 5.11 Å². The van der Waals surface area contributed by atoms with Crippen LogP contribution in [0.3, 0.4) is 0 Å². The third-order valence-electron chi connectivity index (χ3n) is 4.81. The van der Waals surface area contributed by atoms with E-state index in [4.69, 9.17) is 21.6 Å². The summed E-state index contributed by atoms with van der Waals surface area (Å²) in [5, 5.41) is 13.1. The Morgan fingerprint density at radius 3 is 2.43 bits per heavy atom. The first-order valence-corrected chi connectivity index (χ1v) is 9.60. The minimum atomic E-state index is 0.0456. The van der Waals surface area contributed by atoms with Gasteiger partial charge in [0.1, 0.15) is 11.6 Å². The van der Waals surface area contributed by atoms with Gasteiger partial charge in [0.05, 0.1) is 10.7 Å². The number of anilines is 3. The Bertz CT molecular complexity index is 958. The van der Waals surface area contributed by atoms with Crippen LogP contribution >= 0.6 is 11.6 Å². The fraction of sp³-hybridized carbons (Fsp3) is 0.238. The van der Waals surface area contributed by atoms with Gasteiger partial charge in [-0.2, -0.15) is 4.98 Å². The van der Waals surface area contributed by atoms with E-state index < -0.39 is 0 Å². The molecule has 2 aromatic carbocycles.